The number of alkyl halides is 2. The predicted octanol–water partition coefficient (Wildman–Crippen LogP) is 3.13. The third-order valence-electron chi connectivity index (χ3n) is 0.955. The zero-order valence-electron chi connectivity index (χ0n) is 8.06. The van der Waals surface area contributed by atoms with Crippen molar-refractivity contribution in [1.82, 2.24) is 0 Å². The van der Waals surface area contributed by atoms with Crippen molar-refractivity contribution >= 4 is 51.3 Å². The van der Waals surface area contributed by atoms with Crippen LogP contribution in [-0.4, -0.2) is 21.1 Å². The van der Waals surface area contributed by atoms with E-state index in [0.717, 1.165) is 16.8 Å². The molecule has 13 heavy (non-hydrogen) atoms. The molecule has 0 saturated carbocycles. The molecule has 0 aromatic carbocycles. The fourth-order valence-electron chi connectivity index (χ4n) is 0.317. The van der Waals surface area contributed by atoms with Gasteiger partial charge in [-0.2, -0.15) is 0 Å². The van der Waals surface area contributed by atoms with Crippen LogP contribution in [0.25, 0.3) is 0 Å². The van der Waals surface area contributed by atoms with Gasteiger partial charge in [-0.25, -0.2) is 4.79 Å². The van der Waals surface area contributed by atoms with Crippen LogP contribution < -0.4 is 5.73 Å². The van der Waals surface area contributed by atoms with Crippen molar-refractivity contribution in [2.75, 3.05) is 11.0 Å². The van der Waals surface area contributed by atoms with Crippen LogP contribution in [0.3, 0.4) is 0 Å². The van der Waals surface area contributed by atoms with Gasteiger partial charge >= 0.3 is 6.09 Å². The summed E-state index contributed by atoms with van der Waals surface area (Å²) in [4.78, 5) is 9.87. The third-order valence-corrected chi connectivity index (χ3v) is 4.40. The maximum absolute atomic E-state index is 9.87. The molecule has 3 nitrogen and oxygen atoms in total. The normalized spacial score (nSPS) is 11.1. The number of rotatable bonds is 4. The van der Waals surface area contributed by atoms with Gasteiger partial charge in [0, 0.05) is 8.35 Å². The zero-order valence-corrected chi connectivity index (χ0v) is 12.4. The molecule has 80 valence electrons. The molecule has 0 spiro atoms. The van der Waals surface area contributed by atoms with Crippen LogP contribution in [0.5, 0.6) is 0 Å². The summed E-state index contributed by atoms with van der Waals surface area (Å²) >= 11 is 4.77. The van der Waals surface area contributed by atoms with Crippen LogP contribution in [0, 0.1) is 0 Å². The van der Waals surface area contributed by atoms with Crippen LogP contribution in [0.2, 0.25) is 0 Å². The number of hydrogen-bond acceptors (Lipinski definition) is 2. The van der Waals surface area contributed by atoms with E-state index in [9.17, 15) is 4.79 Å². The Morgan fingerprint density at radius 3 is 2.31 bits per heavy atom. The van der Waals surface area contributed by atoms with Gasteiger partial charge in [-0.3, -0.25) is 0 Å². The molecular formula is C8H17I2NO2. The highest BCUT2D eigenvalue weighted by atomic mass is 127. The lowest BCUT2D eigenvalue weighted by atomic mass is 10.4. The smallest absolute Gasteiger partial charge is 0.404 e. The first kappa shape index (κ1) is 16.2. The zero-order chi connectivity index (χ0) is 10.7. The minimum absolute atomic E-state index is 0.450. The first-order valence-corrected chi connectivity index (χ1v) is 6.93. The second-order valence-electron chi connectivity index (χ2n) is 2.46. The summed E-state index contributed by atoms with van der Waals surface area (Å²) in [6.45, 7) is 4.67. The average Bonchev–Trinajstić information content (AvgIpc) is 2.05. The van der Waals surface area contributed by atoms with Crippen LogP contribution in [0.15, 0.2) is 0 Å². The molecule has 0 rings (SSSR count). The summed E-state index contributed by atoms with van der Waals surface area (Å²) in [6.07, 6.45) is 1.23. The monoisotopic (exact) mass is 413 g/mol. The molecule has 1 atom stereocenters. The van der Waals surface area contributed by atoms with Crippen molar-refractivity contribution in [3.05, 3.63) is 0 Å². The lowest BCUT2D eigenvalue weighted by molar-refractivity contribution is 0.155. The molecule has 0 aliphatic rings. The maximum atomic E-state index is 9.87. The van der Waals surface area contributed by atoms with E-state index in [1.165, 1.54) is 4.43 Å². The Kier molecular flexibility index (Phi) is 15.8. The highest BCUT2D eigenvalue weighted by Crippen LogP contribution is 2.00. The first-order chi connectivity index (χ1) is 6.04. The van der Waals surface area contributed by atoms with Gasteiger partial charge in [-0.05, 0) is 6.42 Å². The molecule has 0 aromatic heterocycles. The molecule has 0 radical (unpaired) electrons. The molecule has 0 aliphatic carbocycles. The molecule has 0 aromatic rings. The summed E-state index contributed by atoms with van der Waals surface area (Å²) in [5.74, 6) is 0. The van der Waals surface area contributed by atoms with Gasteiger partial charge in [0.1, 0.15) is 0 Å². The van der Waals surface area contributed by atoms with Gasteiger partial charge in [0.25, 0.3) is 0 Å². The van der Waals surface area contributed by atoms with Gasteiger partial charge in [0.05, 0.1) is 6.61 Å². The van der Waals surface area contributed by atoms with Crippen molar-refractivity contribution in [3.8, 4) is 0 Å². The lowest BCUT2D eigenvalue weighted by Crippen LogP contribution is -2.13. The van der Waals surface area contributed by atoms with Gasteiger partial charge in [-0.1, -0.05) is 65.5 Å². The number of amides is 1. The number of carbonyl (C=O) groups excluding carboxylic acids is 1. The van der Waals surface area contributed by atoms with E-state index >= 15 is 0 Å². The van der Waals surface area contributed by atoms with Gasteiger partial charge in [0.2, 0.25) is 0 Å². The van der Waals surface area contributed by atoms with E-state index in [0.29, 0.717) is 6.61 Å². The van der Waals surface area contributed by atoms with Crippen molar-refractivity contribution < 1.29 is 9.53 Å². The largest absolute Gasteiger partial charge is 0.450 e. The number of unbranched alkanes of at least 4 members (excludes halogenated alkanes) is 1. The van der Waals surface area contributed by atoms with Gasteiger partial charge in [-0.15, -0.1) is 0 Å². The van der Waals surface area contributed by atoms with Crippen LogP contribution >= 0.6 is 45.2 Å². The SMILES string of the molecule is CC(I)CI.CCCCOC(N)=O. The second-order valence-corrected chi connectivity index (χ2v) is 5.46. The Morgan fingerprint density at radius 2 is 2.08 bits per heavy atom. The van der Waals surface area contributed by atoms with Crippen molar-refractivity contribution in [2.45, 2.75) is 30.6 Å². The molecule has 0 fully saturated rings. The Labute approximate surface area is 107 Å². The van der Waals surface area contributed by atoms with Gasteiger partial charge < -0.3 is 10.5 Å². The number of nitrogens with two attached hydrogens (primary N) is 1. The topological polar surface area (TPSA) is 52.3 Å². The maximum Gasteiger partial charge on any atom is 0.404 e. The number of hydrogen-bond donors (Lipinski definition) is 1. The minimum atomic E-state index is -0.682. The number of primary amides is 1. The minimum Gasteiger partial charge on any atom is -0.450 e. The van der Waals surface area contributed by atoms with E-state index in [2.05, 4.69) is 62.6 Å². The summed E-state index contributed by atoms with van der Waals surface area (Å²) < 4.78 is 6.52. The number of halogens is 2. The van der Waals surface area contributed by atoms with Crippen molar-refractivity contribution in [2.24, 2.45) is 5.73 Å². The molecule has 2 N–H and O–H groups in total. The molecular weight excluding hydrogens is 396 g/mol. The van der Waals surface area contributed by atoms with E-state index < -0.39 is 6.09 Å². The molecule has 0 aliphatic heterocycles. The summed E-state index contributed by atoms with van der Waals surface area (Å²) in [7, 11) is 0. The Balaban J connectivity index is 0. The average molecular weight is 413 g/mol. The molecule has 0 bridgehead atoms. The number of ether oxygens (including phenoxy) is 1. The fraction of sp³-hybridized carbons (Fsp3) is 0.875. The lowest BCUT2D eigenvalue weighted by Gasteiger charge is -1.95. The van der Waals surface area contributed by atoms with E-state index in [-0.39, 0.29) is 0 Å². The molecule has 0 heterocycles. The third kappa shape index (κ3) is 24.5. The molecule has 1 unspecified atom stereocenters. The highest BCUT2D eigenvalue weighted by Gasteiger charge is 1.88. The molecule has 5 heteroatoms. The summed E-state index contributed by atoms with van der Waals surface area (Å²) in [5.41, 5.74) is 4.67. The predicted molar refractivity (Wildman–Crippen MR) is 72.8 cm³/mol. The summed E-state index contributed by atoms with van der Waals surface area (Å²) in [6, 6.07) is 0. The second kappa shape index (κ2) is 12.7. The van der Waals surface area contributed by atoms with Crippen molar-refractivity contribution in [1.29, 1.82) is 0 Å². The molecule has 1 amide bonds. The van der Waals surface area contributed by atoms with Crippen LogP contribution in [-0.2, 0) is 4.74 Å². The Hall–Kier alpha value is 0.730. The Morgan fingerprint density at radius 1 is 1.62 bits per heavy atom. The van der Waals surface area contributed by atoms with Gasteiger partial charge in [0.15, 0.2) is 0 Å². The first-order valence-electron chi connectivity index (χ1n) is 4.16. The fourth-order valence-corrected chi connectivity index (χ4v) is 0.317. The standard InChI is InChI=1S/C5H11NO2.C3H6I2/c1-2-3-4-8-5(6)7;1-3(5)2-4/h2-4H2,1H3,(H2,6,7);3H,2H2,1H3. The van der Waals surface area contributed by atoms with E-state index in [1.807, 2.05) is 6.92 Å². The number of carbonyl (C=O) groups is 1. The Bertz CT molecular complexity index is 121. The van der Waals surface area contributed by atoms with Crippen molar-refractivity contribution in [3.63, 3.8) is 0 Å². The molecule has 0 saturated heterocycles. The van der Waals surface area contributed by atoms with Crippen LogP contribution in [0.4, 0.5) is 4.79 Å². The quantitative estimate of drug-likeness (QED) is 0.438. The van der Waals surface area contributed by atoms with Crippen LogP contribution in [0.1, 0.15) is 26.7 Å². The highest BCUT2D eigenvalue weighted by molar-refractivity contribution is 14.1. The summed E-state index contributed by atoms with van der Waals surface area (Å²) in [5, 5.41) is 0. The van der Waals surface area contributed by atoms with E-state index in [1.54, 1.807) is 0 Å². The van der Waals surface area contributed by atoms with E-state index in [4.69, 9.17) is 0 Å².